The second kappa shape index (κ2) is 7.29. The van der Waals surface area contributed by atoms with E-state index in [0.29, 0.717) is 13.0 Å². The van der Waals surface area contributed by atoms with E-state index in [0.717, 1.165) is 11.3 Å². The number of rotatable bonds is 6. The van der Waals surface area contributed by atoms with Gasteiger partial charge in [-0.3, -0.25) is 4.79 Å². The van der Waals surface area contributed by atoms with E-state index in [-0.39, 0.29) is 17.3 Å². The number of ether oxygens (including phenoxy) is 3. The van der Waals surface area contributed by atoms with Gasteiger partial charge in [0.25, 0.3) is 0 Å². The lowest BCUT2D eigenvalue weighted by molar-refractivity contribution is -0.159. The number of carbonyl (C=O) groups excluding carboxylic acids is 1. The smallest absolute Gasteiger partial charge is 0.306 e. The Balaban J connectivity index is 1.81. The van der Waals surface area contributed by atoms with Crippen molar-refractivity contribution in [2.24, 2.45) is 0 Å². The minimum Gasteiger partial charge on any atom is -0.469 e. The SMILES string of the molecule is COC(=O)CC(C)SCC1COC(C)(c2ccccc2)O1. The molecule has 0 saturated carbocycles. The van der Waals surface area contributed by atoms with Crippen molar-refractivity contribution < 1.29 is 19.0 Å². The molecule has 0 amide bonds. The average Bonchev–Trinajstić information content (AvgIpc) is 2.89. The molecular weight excluding hydrogens is 288 g/mol. The van der Waals surface area contributed by atoms with E-state index < -0.39 is 5.79 Å². The largest absolute Gasteiger partial charge is 0.469 e. The molecule has 4 nitrogen and oxygen atoms in total. The fourth-order valence-electron chi connectivity index (χ4n) is 2.26. The van der Waals surface area contributed by atoms with Crippen molar-refractivity contribution in [1.29, 1.82) is 0 Å². The summed E-state index contributed by atoms with van der Waals surface area (Å²) in [5.41, 5.74) is 1.03. The van der Waals surface area contributed by atoms with Crippen LogP contribution in [0.2, 0.25) is 0 Å². The molecule has 2 rings (SSSR count). The normalized spacial score (nSPS) is 26.5. The molecule has 3 unspecified atom stereocenters. The Hall–Kier alpha value is -1.04. The summed E-state index contributed by atoms with van der Waals surface area (Å²) >= 11 is 1.71. The third-order valence-corrected chi connectivity index (χ3v) is 4.78. The molecule has 1 aliphatic rings. The Bertz CT molecular complexity index is 465. The van der Waals surface area contributed by atoms with Crippen molar-refractivity contribution in [3.63, 3.8) is 0 Å². The first kappa shape index (κ1) is 16.3. The van der Waals surface area contributed by atoms with E-state index in [1.54, 1.807) is 11.8 Å². The summed E-state index contributed by atoms with van der Waals surface area (Å²) < 4.78 is 16.6. The lowest BCUT2D eigenvalue weighted by atomic mass is 10.1. The maximum atomic E-state index is 11.2. The highest BCUT2D eigenvalue weighted by Crippen LogP contribution is 2.35. The van der Waals surface area contributed by atoms with Gasteiger partial charge in [-0.1, -0.05) is 37.3 Å². The van der Waals surface area contributed by atoms with Crippen LogP contribution < -0.4 is 0 Å². The minimum atomic E-state index is -0.669. The summed E-state index contributed by atoms with van der Waals surface area (Å²) in [7, 11) is 1.42. The molecule has 1 heterocycles. The molecule has 3 atom stereocenters. The fraction of sp³-hybridized carbons (Fsp3) is 0.562. The number of benzene rings is 1. The number of methoxy groups -OCH3 is 1. The molecule has 1 aromatic rings. The van der Waals surface area contributed by atoms with Crippen LogP contribution >= 0.6 is 11.8 Å². The molecule has 21 heavy (non-hydrogen) atoms. The van der Waals surface area contributed by atoms with E-state index in [1.165, 1.54) is 7.11 Å². The Morgan fingerprint density at radius 1 is 1.48 bits per heavy atom. The zero-order chi connectivity index (χ0) is 15.3. The summed E-state index contributed by atoms with van der Waals surface area (Å²) in [4.78, 5) is 11.2. The van der Waals surface area contributed by atoms with Gasteiger partial charge in [0.2, 0.25) is 0 Å². The van der Waals surface area contributed by atoms with E-state index >= 15 is 0 Å². The topological polar surface area (TPSA) is 44.8 Å². The van der Waals surface area contributed by atoms with E-state index in [9.17, 15) is 4.79 Å². The predicted octanol–water partition coefficient (Wildman–Crippen LogP) is 2.96. The molecule has 0 bridgehead atoms. The summed E-state index contributed by atoms with van der Waals surface area (Å²) in [6.45, 7) is 4.54. The van der Waals surface area contributed by atoms with Crippen LogP contribution in [0.5, 0.6) is 0 Å². The van der Waals surface area contributed by atoms with E-state index in [1.807, 2.05) is 44.2 Å². The van der Waals surface area contributed by atoms with Gasteiger partial charge in [0, 0.05) is 16.6 Å². The zero-order valence-electron chi connectivity index (χ0n) is 12.7. The molecule has 1 saturated heterocycles. The van der Waals surface area contributed by atoms with Gasteiger partial charge >= 0.3 is 5.97 Å². The molecule has 0 aliphatic carbocycles. The van der Waals surface area contributed by atoms with Gasteiger partial charge in [0.15, 0.2) is 5.79 Å². The predicted molar refractivity (Wildman–Crippen MR) is 83.2 cm³/mol. The quantitative estimate of drug-likeness (QED) is 0.756. The standard InChI is InChI=1S/C16H22O4S/c1-12(9-15(17)18-3)21-11-14-10-19-16(2,20-14)13-7-5-4-6-8-13/h4-8,12,14H,9-11H2,1-3H3. The van der Waals surface area contributed by atoms with Gasteiger partial charge < -0.3 is 14.2 Å². The summed E-state index contributed by atoms with van der Waals surface area (Å²) in [6.07, 6.45) is 0.463. The molecule has 5 heteroatoms. The first-order valence-corrected chi connectivity index (χ1v) is 8.14. The van der Waals surface area contributed by atoms with Gasteiger partial charge in [-0.05, 0) is 6.92 Å². The van der Waals surface area contributed by atoms with Crippen molar-refractivity contribution in [3.05, 3.63) is 35.9 Å². The molecule has 1 fully saturated rings. The molecule has 0 radical (unpaired) electrons. The van der Waals surface area contributed by atoms with E-state index in [2.05, 4.69) is 4.74 Å². The fourth-order valence-corrected chi connectivity index (χ4v) is 3.22. The van der Waals surface area contributed by atoms with Gasteiger partial charge in [0.1, 0.15) is 0 Å². The highest BCUT2D eigenvalue weighted by atomic mass is 32.2. The Morgan fingerprint density at radius 2 is 2.19 bits per heavy atom. The Kier molecular flexibility index (Phi) is 5.67. The maximum Gasteiger partial charge on any atom is 0.306 e. The molecule has 1 aliphatic heterocycles. The molecule has 1 aromatic carbocycles. The summed E-state index contributed by atoms with van der Waals surface area (Å²) in [5, 5.41) is 0.213. The van der Waals surface area contributed by atoms with Crippen LogP contribution in [-0.4, -0.2) is 36.8 Å². The third-order valence-electron chi connectivity index (χ3n) is 3.48. The van der Waals surface area contributed by atoms with Crippen LogP contribution in [0, 0.1) is 0 Å². The summed E-state index contributed by atoms with van der Waals surface area (Å²) in [5.74, 6) is -0.0359. The van der Waals surface area contributed by atoms with E-state index in [4.69, 9.17) is 9.47 Å². The molecule has 0 aromatic heterocycles. The Labute approximate surface area is 130 Å². The number of hydrogen-bond acceptors (Lipinski definition) is 5. The van der Waals surface area contributed by atoms with Gasteiger partial charge in [-0.15, -0.1) is 0 Å². The summed E-state index contributed by atoms with van der Waals surface area (Å²) in [6, 6.07) is 9.95. The zero-order valence-corrected chi connectivity index (χ0v) is 13.5. The maximum absolute atomic E-state index is 11.2. The van der Waals surface area contributed by atoms with Crippen LogP contribution in [0.15, 0.2) is 30.3 Å². The van der Waals surface area contributed by atoms with Crippen molar-refractivity contribution in [1.82, 2.24) is 0 Å². The molecule has 0 N–H and O–H groups in total. The first-order chi connectivity index (χ1) is 10.0. The number of thioether (sulfide) groups is 1. The van der Waals surface area contributed by atoms with Crippen LogP contribution in [-0.2, 0) is 24.8 Å². The van der Waals surface area contributed by atoms with Gasteiger partial charge in [-0.2, -0.15) is 11.8 Å². The number of esters is 1. The highest BCUT2D eigenvalue weighted by Gasteiger charge is 2.38. The lowest BCUT2D eigenvalue weighted by Gasteiger charge is -2.24. The first-order valence-electron chi connectivity index (χ1n) is 7.09. The van der Waals surface area contributed by atoms with Crippen molar-refractivity contribution in [3.8, 4) is 0 Å². The van der Waals surface area contributed by atoms with Crippen molar-refractivity contribution >= 4 is 17.7 Å². The second-order valence-corrected chi connectivity index (χ2v) is 6.76. The van der Waals surface area contributed by atoms with Crippen LogP contribution in [0.1, 0.15) is 25.8 Å². The number of carbonyl (C=O) groups is 1. The molecule has 116 valence electrons. The lowest BCUT2D eigenvalue weighted by Crippen LogP contribution is -2.24. The average molecular weight is 310 g/mol. The minimum absolute atomic E-state index is 0.0419. The highest BCUT2D eigenvalue weighted by molar-refractivity contribution is 7.99. The van der Waals surface area contributed by atoms with Gasteiger partial charge in [-0.25, -0.2) is 0 Å². The molecular formula is C16H22O4S. The van der Waals surface area contributed by atoms with Crippen molar-refractivity contribution in [2.45, 2.75) is 37.4 Å². The van der Waals surface area contributed by atoms with Crippen LogP contribution in [0.3, 0.4) is 0 Å². The van der Waals surface area contributed by atoms with Gasteiger partial charge in [0.05, 0.1) is 26.2 Å². The third kappa shape index (κ3) is 4.46. The number of hydrogen-bond donors (Lipinski definition) is 0. The van der Waals surface area contributed by atoms with Crippen LogP contribution in [0.4, 0.5) is 0 Å². The van der Waals surface area contributed by atoms with Crippen molar-refractivity contribution in [2.75, 3.05) is 19.5 Å². The van der Waals surface area contributed by atoms with Crippen LogP contribution in [0.25, 0.3) is 0 Å². The Morgan fingerprint density at radius 3 is 2.86 bits per heavy atom. The second-order valence-electron chi connectivity index (χ2n) is 5.29. The molecule has 0 spiro atoms. The monoisotopic (exact) mass is 310 g/mol.